The molecule has 0 saturated heterocycles. The number of anilines is 1. The van der Waals surface area contributed by atoms with Crippen LogP contribution >= 0.6 is 0 Å². The Kier molecular flexibility index (Phi) is 6.36. The number of aromatic nitrogens is 1. The van der Waals surface area contributed by atoms with Crippen LogP contribution < -0.4 is 9.73 Å². The third-order valence-electron chi connectivity index (χ3n) is 4.02. The van der Waals surface area contributed by atoms with Crippen molar-refractivity contribution in [3.63, 3.8) is 0 Å². The number of hydrazone groups is 1. The second-order valence-corrected chi connectivity index (χ2v) is 8.10. The lowest BCUT2D eigenvalue weighted by Crippen LogP contribution is -2.39. The number of hydrogen-bond acceptors (Lipinski definition) is 5. The summed E-state index contributed by atoms with van der Waals surface area (Å²) in [5.41, 5.74) is 4.42. The molecule has 8 heteroatoms. The molecule has 1 heterocycles. The van der Waals surface area contributed by atoms with Gasteiger partial charge >= 0.3 is 0 Å². The number of sulfonamides is 1. The van der Waals surface area contributed by atoms with Gasteiger partial charge in [-0.2, -0.15) is 5.10 Å². The van der Waals surface area contributed by atoms with Crippen molar-refractivity contribution in [3.05, 3.63) is 90.3 Å². The Morgan fingerprint density at radius 2 is 1.79 bits per heavy atom. The van der Waals surface area contributed by atoms with E-state index in [0.29, 0.717) is 5.69 Å². The van der Waals surface area contributed by atoms with Crippen LogP contribution in [0.4, 0.5) is 5.69 Å². The Bertz CT molecular complexity index is 1100. The van der Waals surface area contributed by atoms with Crippen LogP contribution in [0.1, 0.15) is 11.1 Å². The minimum atomic E-state index is -3.93. The maximum Gasteiger partial charge on any atom is 0.264 e. The molecule has 0 saturated carbocycles. The first-order valence-electron chi connectivity index (χ1n) is 8.83. The molecule has 0 aliphatic rings. The third-order valence-corrected chi connectivity index (χ3v) is 5.81. The first kappa shape index (κ1) is 20.2. The van der Waals surface area contributed by atoms with E-state index in [2.05, 4.69) is 15.5 Å². The molecule has 7 nitrogen and oxygen atoms in total. The molecule has 1 amide bonds. The average molecular weight is 408 g/mol. The van der Waals surface area contributed by atoms with Crippen LogP contribution in [0.25, 0.3) is 0 Å². The summed E-state index contributed by atoms with van der Waals surface area (Å²) in [5.74, 6) is -0.559. The van der Waals surface area contributed by atoms with Crippen molar-refractivity contribution >= 4 is 27.8 Å². The van der Waals surface area contributed by atoms with Gasteiger partial charge in [0.1, 0.15) is 6.54 Å². The predicted molar refractivity (Wildman–Crippen MR) is 112 cm³/mol. The summed E-state index contributed by atoms with van der Waals surface area (Å²) in [6.07, 6.45) is 4.67. The first-order chi connectivity index (χ1) is 14.0. The number of nitrogens with zero attached hydrogens (tertiary/aromatic N) is 3. The van der Waals surface area contributed by atoms with Gasteiger partial charge in [-0.1, -0.05) is 30.3 Å². The van der Waals surface area contributed by atoms with Crippen molar-refractivity contribution in [2.75, 3.05) is 10.8 Å². The molecular formula is C21H20N4O3S. The highest BCUT2D eigenvalue weighted by atomic mass is 32.2. The van der Waals surface area contributed by atoms with Crippen molar-refractivity contribution in [1.82, 2.24) is 10.4 Å². The van der Waals surface area contributed by atoms with Gasteiger partial charge in [0.25, 0.3) is 15.9 Å². The van der Waals surface area contributed by atoms with Crippen LogP contribution in [0.3, 0.4) is 0 Å². The van der Waals surface area contributed by atoms with E-state index in [1.165, 1.54) is 18.3 Å². The second kappa shape index (κ2) is 9.11. The Morgan fingerprint density at radius 3 is 2.48 bits per heavy atom. The van der Waals surface area contributed by atoms with E-state index in [0.717, 1.165) is 15.4 Å². The zero-order chi connectivity index (χ0) is 20.7. The lowest BCUT2D eigenvalue weighted by atomic mass is 10.2. The van der Waals surface area contributed by atoms with Gasteiger partial charge in [0.15, 0.2) is 0 Å². The molecule has 3 aromatic rings. The van der Waals surface area contributed by atoms with Crippen LogP contribution in [-0.2, 0) is 14.8 Å². The molecule has 0 unspecified atom stereocenters. The van der Waals surface area contributed by atoms with Crippen LogP contribution in [0.15, 0.2) is 89.1 Å². The fourth-order valence-electron chi connectivity index (χ4n) is 2.61. The predicted octanol–water partition coefficient (Wildman–Crippen LogP) is 2.74. The number of nitrogens with one attached hydrogen (secondary N) is 1. The number of hydrogen-bond donors (Lipinski definition) is 1. The van der Waals surface area contributed by atoms with Gasteiger partial charge in [0, 0.05) is 12.4 Å². The number of carbonyl (C=O) groups is 1. The largest absolute Gasteiger partial charge is 0.271 e. The summed E-state index contributed by atoms with van der Waals surface area (Å²) in [7, 11) is -3.93. The van der Waals surface area contributed by atoms with Crippen molar-refractivity contribution in [1.29, 1.82) is 0 Å². The Hall–Kier alpha value is -3.52. The van der Waals surface area contributed by atoms with Gasteiger partial charge in [-0.05, 0) is 54.4 Å². The maximum atomic E-state index is 13.2. The van der Waals surface area contributed by atoms with Crippen molar-refractivity contribution in [2.45, 2.75) is 11.8 Å². The minimum absolute atomic E-state index is 0.106. The standard InChI is InChI=1S/C21H20N4O3S/c1-17-6-5-7-19(14-17)25(29(27,28)20-8-3-2-4-9-20)16-21(26)24-23-15-18-10-12-22-13-11-18/h2-15H,16H2,1H3,(H,24,26)/b23-15-. The molecule has 0 atom stereocenters. The van der Waals surface area contributed by atoms with Gasteiger partial charge in [0.2, 0.25) is 0 Å². The highest BCUT2D eigenvalue weighted by molar-refractivity contribution is 7.92. The Morgan fingerprint density at radius 1 is 1.07 bits per heavy atom. The average Bonchev–Trinajstić information content (AvgIpc) is 2.73. The fraction of sp³-hybridized carbons (Fsp3) is 0.0952. The van der Waals surface area contributed by atoms with Gasteiger partial charge < -0.3 is 0 Å². The van der Waals surface area contributed by atoms with E-state index in [1.807, 2.05) is 13.0 Å². The number of aryl methyl sites for hydroxylation is 1. The molecule has 3 rings (SSSR count). The molecule has 0 spiro atoms. The Balaban J connectivity index is 1.84. The zero-order valence-electron chi connectivity index (χ0n) is 15.8. The third kappa shape index (κ3) is 5.26. The van der Waals surface area contributed by atoms with Crippen LogP contribution in [0.5, 0.6) is 0 Å². The molecule has 29 heavy (non-hydrogen) atoms. The number of amides is 1. The van der Waals surface area contributed by atoms with Gasteiger partial charge in [0.05, 0.1) is 16.8 Å². The monoisotopic (exact) mass is 408 g/mol. The van der Waals surface area contributed by atoms with E-state index < -0.39 is 22.5 Å². The van der Waals surface area contributed by atoms with Crippen molar-refractivity contribution in [3.8, 4) is 0 Å². The molecular weight excluding hydrogens is 388 g/mol. The summed E-state index contributed by atoms with van der Waals surface area (Å²) < 4.78 is 27.4. The quantitative estimate of drug-likeness (QED) is 0.481. The zero-order valence-corrected chi connectivity index (χ0v) is 16.6. The van der Waals surface area contributed by atoms with E-state index in [-0.39, 0.29) is 4.90 Å². The molecule has 0 fully saturated rings. The van der Waals surface area contributed by atoms with E-state index >= 15 is 0 Å². The maximum absolute atomic E-state index is 13.2. The molecule has 1 N–H and O–H groups in total. The summed E-state index contributed by atoms with van der Waals surface area (Å²) in [5, 5.41) is 3.89. The van der Waals surface area contributed by atoms with Gasteiger partial charge in [-0.3, -0.25) is 14.1 Å². The van der Waals surface area contributed by atoms with Crippen LogP contribution in [-0.4, -0.2) is 32.1 Å². The molecule has 2 aromatic carbocycles. The van der Waals surface area contributed by atoms with E-state index in [9.17, 15) is 13.2 Å². The van der Waals surface area contributed by atoms with E-state index in [1.54, 1.807) is 60.9 Å². The SMILES string of the molecule is Cc1cccc(N(CC(=O)N/N=C\c2ccncc2)S(=O)(=O)c2ccccc2)c1. The lowest BCUT2D eigenvalue weighted by molar-refractivity contribution is -0.119. The molecule has 1 aromatic heterocycles. The number of rotatable bonds is 7. The van der Waals surface area contributed by atoms with Crippen molar-refractivity contribution < 1.29 is 13.2 Å². The highest BCUT2D eigenvalue weighted by Gasteiger charge is 2.27. The lowest BCUT2D eigenvalue weighted by Gasteiger charge is -2.24. The summed E-state index contributed by atoms with van der Waals surface area (Å²) in [6.45, 7) is 1.45. The number of pyridine rings is 1. The normalized spacial score (nSPS) is 11.3. The summed E-state index contributed by atoms with van der Waals surface area (Å²) in [4.78, 5) is 16.4. The molecule has 0 radical (unpaired) electrons. The fourth-order valence-corrected chi connectivity index (χ4v) is 4.05. The summed E-state index contributed by atoms with van der Waals surface area (Å²) in [6, 6.07) is 18.4. The van der Waals surface area contributed by atoms with E-state index in [4.69, 9.17) is 0 Å². The van der Waals surface area contributed by atoms with Crippen LogP contribution in [0.2, 0.25) is 0 Å². The van der Waals surface area contributed by atoms with Gasteiger partial charge in [-0.15, -0.1) is 0 Å². The topological polar surface area (TPSA) is 91.7 Å². The first-order valence-corrected chi connectivity index (χ1v) is 10.3. The summed E-state index contributed by atoms with van der Waals surface area (Å²) >= 11 is 0. The smallest absolute Gasteiger partial charge is 0.264 e. The highest BCUT2D eigenvalue weighted by Crippen LogP contribution is 2.24. The number of carbonyl (C=O) groups excluding carboxylic acids is 1. The van der Waals surface area contributed by atoms with Crippen LogP contribution in [0, 0.1) is 6.92 Å². The number of benzene rings is 2. The minimum Gasteiger partial charge on any atom is -0.271 e. The second-order valence-electron chi connectivity index (χ2n) is 6.24. The van der Waals surface area contributed by atoms with Crippen molar-refractivity contribution in [2.24, 2.45) is 5.10 Å². The molecule has 0 aliphatic carbocycles. The molecule has 148 valence electrons. The molecule has 0 aliphatic heterocycles. The Labute approximate surface area is 169 Å². The van der Waals surface area contributed by atoms with Gasteiger partial charge in [-0.25, -0.2) is 13.8 Å². The molecule has 0 bridgehead atoms.